The van der Waals surface area contributed by atoms with Crippen molar-refractivity contribution in [2.24, 2.45) is 7.05 Å². The van der Waals surface area contributed by atoms with Gasteiger partial charge in [-0.15, -0.1) is 11.3 Å². The first-order valence-electron chi connectivity index (χ1n) is 6.59. The Morgan fingerprint density at radius 1 is 1.48 bits per heavy atom. The number of aryl methyl sites for hydroxylation is 1. The molecular formula is C14H18N4O2S. The second-order valence-corrected chi connectivity index (χ2v) is 5.70. The van der Waals surface area contributed by atoms with Crippen LogP contribution in [-0.2, 0) is 18.4 Å². The zero-order valence-electron chi connectivity index (χ0n) is 12.1. The third-order valence-corrected chi connectivity index (χ3v) is 3.84. The predicted octanol–water partition coefficient (Wildman–Crippen LogP) is 1.26. The average molecular weight is 306 g/mol. The van der Waals surface area contributed by atoms with Crippen LogP contribution in [0.1, 0.15) is 21.7 Å². The highest BCUT2D eigenvalue weighted by Gasteiger charge is 2.11. The van der Waals surface area contributed by atoms with Crippen molar-refractivity contribution in [3.05, 3.63) is 40.3 Å². The number of thiophene rings is 1. The van der Waals surface area contributed by atoms with Crippen LogP contribution in [0.25, 0.3) is 0 Å². The summed E-state index contributed by atoms with van der Waals surface area (Å²) in [6.45, 7) is 0.860. The molecule has 0 aliphatic carbocycles. The summed E-state index contributed by atoms with van der Waals surface area (Å²) in [6, 6.07) is 3.59. The number of hydrogen-bond acceptors (Lipinski definition) is 4. The van der Waals surface area contributed by atoms with Gasteiger partial charge < -0.3 is 10.2 Å². The smallest absolute Gasteiger partial charge is 0.261 e. The lowest BCUT2D eigenvalue weighted by Gasteiger charge is -2.16. The lowest BCUT2D eigenvalue weighted by Crippen LogP contribution is -2.31. The standard InChI is InChI=1S/C14H18N4O2S/c1-17(9-11-8-16-18(2)10-11)13(19)5-6-15-14(20)12-4-3-7-21-12/h3-4,7-8,10H,5-6,9H2,1-2H3,(H,15,20). The molecule has 0 aliphatic rings. The van der Waals surface area contributed by atoms with Crippen LogP contribution in [-0.4, -0.2) is 40.1 Å². The summed E-state index contributed by atoms with van der Waals surface area (Å²) >= 11 is 1.38. The number of aromatic nitrogens is 2. The summed E-state index contributed by atoms with van der Waals surface area (Å²) in [6.07, 6.45) is 3.90. The van der Waals surface area contributed by atoms with E-state index in [2.05, 4.69) is 10.4 Å². The Morgan fingerprint density at radius 3 is 2.90 bits per heavy atom. The fourth-order valence-corrected chi connectivity index (χ4v) is 2.52. The largest absolute Gasteiger partial charge is 0.351 e. The van der Waals surface area contributed by atoms with E-state index in [1.54, 1.807) is 28.9 Å². The zero-order chi connectivity index (χ0) is 15.2. The van der Waals surface area contributed by atoms with Gasteiger partial charge in [0.15, 0.2) is 0 Å². The number of carbonyl (C=O) groups excluding carboxylic acids is 2. The molecule has 7 heteroatoms. The maximum atomic E-state index is 12.0. The third-order valence-electron chi connectivity index (χ3n) is 2.97. The molecule has 2 amide bonds. The Labute approximate surface area is 127 Å². The Kier molecular flexibility index (Phi) is 5.10. The van der Waals surface area contributed by atoms with E-state index in [4.69, 9.17) is 0 Å². The molecule has 6 nitrogen and oxygen atoms in total. The first-order chi connectivity index (χ1) is 10.1. The van der Waals surface area contributed by atoms with E-state index in [1.807, 2.05) is 24.7 Å². The summed E-state index contributed by atoms with van der Waals surface area (Å²) in [4.78, 5) is 26.0. The number of rotatable bonds is 6. The normalized spacial score (nSPS) is 10.4. The van der Waals surface area contributed by atoms with Gasteiger partial charge in [-0.1, -0.05) is 6.07 Å². The molecule has 2 rings (SSSR count). The molecule has 0 unspecified atom stereocenters. The molecule has 0 atom stereocenters. The van der Waals surface area contributed by atoms with Crippen LogP contribution in [0.2, 0.25) is 0 Å². The van der Waals surface area contributed by atoms with Gasteiger partial charge >= 0.3 is 0 Å². The van der Waals surface area contributed by atoms with Crippen molar-refractivity contribution in [1.82, 2.24) is 20.0 Å². The first-order valence-corrected chi connectivity index (χ1v) is 7.47. The van der Waals surface area contributed by atoms with Crippen LogP contribution < -0.4 is 5.32 Å². The quantitative estimate of drug-likeness (QED) is 0.873. The van der Waals surface area contributed by atoms with Crippen molar-refractivity contribution in [3.63, 3.8) is 0 Å². The molecule has 0 saturated carbocycles. The number of nitrogens with zero attached hydrogens (tertiary/aromatic N) is 3. The Bertz CT molecular complexity index is 606. The minimum atomic E-state index is -0.132. The van der Waals surface area contributed by atoms with Gasteiger partial charge in [0.05, 0.1) is 11.1 Å². The van der Waals surface area contributed by atoms with Crippen LogP contribution >= 0.6 is 11.3 Å². The summed E-state index contributed by atoms with van der Waals surface area (Å²) < 4.78 is 1.70. The summed E-state index contributed by atoms with van der Waals surface area (Å²) in [7, 11) is 3.59. The average Bonchev–Trinajstić information content (AvgIpc) is 3.10. The van der Waals surface area contributed by atoms with Crippen molar-refractivity contribution < 1.29 is 9.59 Å². The fraction of sp³-hybridized carbons (Fsp3) is 0.357. The number of nitrogens with one attached hydrogen (secondary N) is 1. The summed E-state index contributed by atoms with van der Waals surface area (Å²) in [5.41, 5.74) is 0.982. The van der Waals surface area contributed by atoms with E-state index < -0.39 is 0 Å². The third kappa shape index (κ3) is 4.42. The van der Waals surface area contributed by atoms with Gasteiger partial charge in [0.25, 0.3) is 5.91 Å². The summed E-state index contributed by atoms with van der Waals surface area (Å²) in [5.74, 6) is -0.141. The molecule has 0 aliphatic heterocycles. The van der Waals surface area contributed by atoms with Crippen molar-refractivity contribution in [2.75, 3.05) is 13.6 Å². The lowest BCUT2D eigenvalue weighted by atomic mass is 10.3. The van der Waals surface area contributed by atoms with Crippen LogP contribution in [0.4, 0.5) is 0 Å². The second kappa shape index (κ2) is 7.03. The topological polar surface area (TPSA) is 67.2 Å². The highest BCUT2D eigenvalue weighted by atomic mass is 32.1. The number of amides is 2. The predicted molar refractivity (Wildman–Crippen MR) is 81.0 cm³/mol. The van der Waals surface area contributed by atoms with Crippen LogP contribution in [0.15, 0.2) is 29.9 Å². The van der Waals surface area contributed by atoms with E-state index in [0.717, 1.165) is 5.56 Å². The molecule has 0 bridgehead atoms. The van der Waals surface area contributed by atoms with Crippen molar-refractivity contribution in [3.8, 4) is 0 Å². The lowest BCUT2D eigenvalue weighted by molar-refractivity contribution is -0.130. The maximum Gasteiger partial charge on any atom is 0.261 e. The number of hydrogen-bond donors (Lipinski definition) is 1. The minimum absolute atomic E-state index is 0.00895. The Hall–Kier alpha value is -2.15. The highest BCUT2D eigenvalue weighted by molar-refractivity contribution is 7.12. The molecule has 112 valence electrons. The second-order valence-electron chi connectivity index (χ2n) is 4.76. The first kappa shape index (κ1) is 15.2. The van der Waals surface area contributed by atoms with Gasteiger partial charge in [-0.05, 0) is 11.4 Å². The zero-order valence-corrected chi connectivity index (χ0v) is 12.9. The van der Waals surface area contributed by atoms with Gasteiger partial charge in [0.1, 0.15) is 0 Å². The van der Waals surface area contributed by atoms with Gasteiger partial charge in [-0.2, -0.15) is 5.10 Å². The molecule has 2 heterocycles. The van der Waals surface area contributed by atoms with Crippen LogP contribution in [0.3, 0.4) is 0 Å². The molecular weight excluding hydrogens is 288 g/mol. The van der Waals surface area contributed by atoms with E-state index in [-0.39, 0.29) is 18.2 Å². The van der Waals surface area contributed by atoms with Gasteiger partial charge in [0.2, 0.25) is 5.91 Å². The number of carbonyl (C=O) groups is 2. The van der Waals surface area contributed by atoms with Crippen LogP contribution in [0, 0.1) is 0 Å². The molecule has 0 aromatic carbocycles. The monoisotopic (exact) mass is 306 g/mol. The Balaban J connectivity index is 1.72. The summed E-state index contributed by atoms with van der Waals surface area (Å²) in [5, 5.41) is 8.66. The van der Waals surface area contributed by atoms with Gasteiger partial charge in [0, 0.05) is 45.4 Å². The molecule has 1 N–H and O–H groups in total. The molecule has 2 aromatic rings. The van der Waals surface area contributed by atoms with Crippen LogP contribution in [0.5, 0.6) is 0 Å². The molecule has 21 heavy (non-hydrogen) atoms. The highest BCUT2D eigenvalue weighted by Crippen LogP contribution is 2.07. The van der Waals surface area contributed by atoms with E-state index in [9.17, 15) is 9.59 Å². The van der Waals surface area contributed by atoms with E-state index >= 15 is 0 Å². The van der Waals surface area contributed by atoms with Crippen molar-refractivity contribution >= 4 is 23.2 Å². The minimum Gasteiger partial charge on any atom is -0.351 e. The maximum absolute atomic E-state index is 12.0. The molecule has 0 fully saturated rings. The SMILES string of the molecule is CN(Cc1cnn(C)c1)C(=O)CCNC(=O)c1cccs1. The Morgan fingerprint density at radius 2 is 2.29 bits per heavy atom. The van der Waals surface area contributed by atoms with Crippen molar-refractivity contribution in [1.29, 1.82) is 0 Å². The molecule has 0 spiro atoms. The van der Waals surface area contributed by atoms with Crippen molar-refractivity contribution in [2.45, 2.75) is 13.0 Å². The molecule has 0 radical (unpaired) electrons. The molecule has 0 saturated heterocycles. The van der Waals surface area contributed by atoms with Gasteiger partial charge in [-0.25, -0.2) is 0 Å². The van der Waals surface area contributed by atoms with E-state index in [0.29, 0.717) is 18.0 Å². The van der Waals surface area contributed by atoms with E-state index in [1.165, 1.54) is 11.3 Å². The fourth-order valence-electron chi connectivity index (χ4n) is 1.88. The van der Waals surface area contributed by atoms with Gasteiger partial charge in [-0.3, -0.25) is 14.3 Å². The molecule has 2 aromatic heterocycles.